The Labute approximate surface area is 175 Å². The SMILES string of the molecule is O=[N+]([O-])c1ccc2c(c1)CN(c1ncnc3c1ncn3C1O[C@H](CO)[C@@H](O)[C@H]1O)CC2. The van der Waals surface area contributed by atoms with Crippen LogP contribution in [0.25, 0.3) is 11.2 Å². The van der Waals surface area contributed by atoms with Crippen molar-refractivity contribution >= 4 is 22.7 Å². The van der Waals surface area contributed by atoms with Gasteiger partial charge in [-0.05, 0) is 17.5 Å². The Morgan fingerprint density at radius 3 is 2.77 bits per heavy atom. The lowest BCUT2D eigenvalue weighted by Gasteiger charge is -2.29. The summed E-state index contributed by atoms with van der Waals surface area (Å²) in [6.07, 6.45) is -0.822. The topological polar surface area (TPSA) is 160 Å². The molecule has 4 atom stereocenters. The predicted molar refractivity (Wildman–Crippen MR) is 106 cm³/mol. The Balaban J connectivity index is 1.49. The first kappa shape index (κ1) is 19.8. The van der Waals surface area contributed by atoms with Crippen molar-refractivity contribution in [3.8, 4) is 0 Å². The van der Waals surface area contributed by atoms with Crippen molar-refractivity contribution in [1.82, 2.24) is 19.5 Å². The average Bonchev–Trinajstić information content (AvgIpc) is 3.33. The third-order valence-electron chi connectivity index (χ3n) is 5.84. The van der Waals surface area contributed by atoms with Gasteiger partial charge in [-0.15, -0.1) is 0 Å². The van der Waals surface area contributed by atoms with E-state index in [2.05, 4.69) is 15.0 Å². The number of nitro benzene ring substituents is 1. The maximum Gasteiger partial charge on any atom is 0.269 e. The molecular weight excluding hydrogens is 408 g/mol. The Morgan fingerprint density at radius 2 is 2.03 bits per heavy atom. The van der Waals surface area contributed by atoms with E-state index in [-0.39, 0.29) is 5.69 Å². The van der Waals surface area contributed by atoms with E-state index in [1.54, 1.807) is 12.1 Å². The molecular formula is C19H20N6O6. The van der Waals surface area contributed by atoms with Crippen molar-refractivity contribution in [3.63, 3.8) is 0 Å². The van der Waals surface area contributed by atoms with Gasteiger partial charge in [0.2, 0.25) is 0 Å². The first-order valence-corrected chi connectivity index (χ1v) is 9.79. The van der Waals surface area contributed by atoms with Gasteiger partial charge in [0.15, 0.2) is 23.2 Å². The summed E-state index contributed by atoms with van der Waals surface area (Å²) in [7, 11) is 0. The van der Waals surface area contributed by atoms with E-state index in [0.29, 0.717) is 36.5 Å². The van der Waals surface area contributed by atoms with E-state index in [4.69, 9.17) is 4.74 Å². The monoisotopic (exact) mass is 428 g/mol. The third kappa shape index (κ3) is 3.20. The highest BCUT2D eigenvalue weighted by atomic mass is 16.6. The maximum atomic E-state index is 11.1. The Hall–Kier alpha value is -3.19. The molecule has 12 heteroatoms. The van der Waals surface area contributed by atoms with Crippen molar-refractivity contribution in [1.29, 1.82) is 0 Å². The molecule has 31 heavy (non-hydrogen) atoms. The van der Waals surface area contributed by atoms with Gasteiger partial charge in [0.25, 0.3) is 5.69 Å². The van der Waals surface area contributed by atoms with Crippen molar-refractivity contribution in [3.05, 3.63) is 52.1 Å². The van der Waals surface area contributed by atoms with Gasteiger partial charge < -0.3 is 25.0 Å². The van der Waals surface area contributed by atoms with Crippen LogP contribution < -0.4 is 4.90 Å². The summed E-state index contributed by atoms with van der Waals surface area (Å²) in [5.74, 6) is 0.563. The molecule has 1 unspecified atom stereocenters. The molecule has 12 nitrogen and oxygen atoms in total. The second-order valence-electron chi connectivity index (χ2n) is 7.63. The lowest BCUT2D eigenvalue weighted by atomic mass is 9.99. The Bertz CT molecular complexity index is 1150. The van der Waals surface area contributed by atoms with E-state index >= 15 is 0 Å². The second-order valence-corrected chi connectivity index (χ2v) is 7.63. The largest absolute Gasteiger partial charge is 0.394 e. The number of rotatable bonds is 4. The summed E-state index contributed by atoms with van der Waals surface area (Å²) < 4.78 is 7.10. The van der Waals surface area contributed by atoms with Gasteiger partial charge in [-0.2, -0.15) is 0 Å². The first-order valence-electron chi connectivity index (χ1n) is 9.79. The number of aliphatic hydroxyl groups excluding tert-OH is 3. The number of anilines is 1. The van der Waals surface area contributed by atoms with Crippen LogP contribution in [-0.2, 0) is 17.7 Å². The number of ether oxygens (including phenoxy) is 1. The fourth-order valence-corrected chi connectivity index (χ4v) is 4.20. The van der Waals surface area contributed by atoms with Crippen LogP contribution >= 0.6 is 0 Å². The molecule has 0 bridgehead atoms. The number of benzene rings is 1. The van der Waals surface area contributed by atoms with E-state index in [1.165, 1.54) is 23.3 Å². The number of fused-ring (bicyclic) bond motifs is 2. The molecule has 1 fully saturated rings. The van der Waals surface area contributed by atoms with Crippen LogP contribution in [0.5, 0.6) is 0 Å². The number of hydrogen-bond acceptors (Lipinski definition) is 10. The highest BCUT2D eigenvalue weighted by molar-refractivity contribution is 5.83. The van der Waals surface area contributed by atoms with Gasteiger partial charge >= 0.3 is 0 Å². The van der Waals surface area contributed by atoms with Gasteiger partial charge in [-0.25, -0.2) is 15.0 Å². The van der Waals surface area contributed by atoms with Crippen LogP contribution in [-0.4, -0.2) is 71.2 Å². The number of hydrogen-bond donors (Lipinski definition) is 3. The molecule has 0 saturated carbocycles. The highest BCUT2D eigenvalue weighted by Gasteiger charge is 2.44. The lowest BCUT2D eigenvalue weighted by Crippen LogP contribution is -2.33. The summed E-state index contributed by atoms with van der Waals surface area (Å²) in [5.41, 5.74) is 2.85. The minimum Gasteiger partial charge on any atom is -0.394 e. The minimum atomic E-state index is -1.25. The molecule has 0 radical (unpaired) electrons. The normalized spacial score (nSPS) is 25.7. The Kier molecular flexibility index (Phi) is 4.78. The zero-order valence-corrected chi connectivity index (χ0v) is 16.3. The molecule has 4 heterocycles. The highest BCUT2D eigenvalue weighted by Crippen LogP contribution is 2.34. The summed E-state index contributed by atoms with van der Waals surface area (Å²) in [6.45, 7) is 0.655. The van der Waals surface area contributed by atoms with Crippen LogP contribution in [0.2, 0.25) is 0 Å². The molecule has 1 saturated heterocycles. The number of nitrogens with zero attached hydrogens (tertiary/aromatic N) is 6. The molecule has 2 aromatic heterocycles. The van der Waals surface area contributed by atoms with Crippen molar-refractivity contribution in [2.45, 2.75) is 37.5 Å². The summed E-state index contributed by atoms with van der Waals surface area (Å²) >= 11 is 0. The van der Waals surface area contributed by atoms with Crippen LogP contribution in [0, 0.1) is 10.1 Å². The quantitative estimate of drug-likeness (QED) is 0.378. The third-order valence-corrected chi connectivity index (χ3v) is 5.84. The van der Waals surface area contributed by atoms with Gasteiger partial charge in [0.1, 0.15) is 24.6 Å². The molecule has 3 aromatic rings. The van der Waals surface area contributed by atoms with Crippen LogP contribution in [0.1, 0.15) is 17.4 Å². The summed E-state index contributed by atoms with van der Waals surface area (Å²) in [6, 6.07) is 4.88. The molecule has 2 aliphatic heterocycles. The van der Waals surface area contributed by atoms with Gasteiger partial charge in [-0.1, -0.05) is 6.07 Å². The zero-order chi connectivity index (χ0) is 21.7. The first-order chi connectivity index (χ1) is 15.0. The number of non-ortho nitro benzene ring substituents is 1. The van der Waals surface area contributed by atoms with Crippen LogP contribution in [0.4, 0.5) is 11.5 Å². The zero-order valence-electron chi connectivity index (χ0n) is 16.3. The summed E-state index contributed by atoms with van der Waals surface area (Å²) in [5, 5.41) is 40.9. The molecule has 0 amide bonds. The van der Waals surface area contributed by atoms with Crippen LogP contribution in [0.3, 0.4) is 0 Å². The summed E-state index contributed by atoms with van der Waals surface area (Å²) in [4.78, 5) is 25.7. The van der Waals surface area contributed by atoms with Crippen molar-refractivity contribution in [2.24, 2.45) is 0 Å². The van der Waals surface area contributed by atoms with E-state index in [1.807, 2.05) is 4.90 Å². The van der Waals surface area contributed by atoms with E-state index in [0.717, 1.165) is 11.1 Å². The van der Waals surface area contributed by atoms with E-state index < -0.39 is 36.1 Å². The molecule has 5 rings (SSSR count). The maximum absolute atomic E-state index is 11.1. The molecule has 2 aliphatic rings. The molecule has 0 spiro atoms. The smallest absolute Gasteiger partial charge is 0.269 e. The predicted octanol–water partition coefficient (Wildman–Crippen LogP) is -0.0913. The van der Waals surface area contributed by atoms with Gasteiger partial charge in [-0.3, -0.25) is 14.7 Å². The molecule has 3 N–H and O–H groups in total. The number of aromatic nitrogens is 4. The molecule has 162 valence electrons. The van der Waals surface area contributed by atoms with Gasteiger partial charge in [0.05, 0.1) is 17.9 Å². The average molecular weight is 428 g/mol. The molecule has 0 aliphatic carbocycles. The Morgan fingerprint density at radius 1 is 1.19 bits per heavy atom. The fraction of sp³-hybridized carbons (Fsp3) is 0.421. The fourth-order valence-electron chi connectivity index (χ4n) is 4.20. The van der Waals surface area contributed by atoms with Gasteiger partial charge in [0, 0.05) is 25.2 Å². The van der Waals surface area contributed by atoms with Crippen LogP contribution in [0.15, 0.2) is 30.9 Å². The lowest BCUT2D eigenvalue weighted by molar-refractivity contribution is -0.384. The standard InChI is InChI=1S/C19H20N6O6/c26-7-13-15(27)16(28)19(31-13)24-9-22-14-17(20-8-21-18(14)24)23-4-3-10-1-2-12(25(29)30)5-11(10)6-23/h1-2,5,8-9,13,15-16,19,26-28H,3-4,6-7H2/t13-,15-,16-,19?/m1/s1. The molecule has 1 aromatic carbocycles. The number of aliphatic hydroxyl groups is 3. The second kappa shape index (κ2) is 7.50. The van der Waals surface area contributed by atoms with Crippen molar-refractivity contribution in [2.75, 3.05) is 18.1 Å². The minimum absolute atomic E-state index is 0.0436. The number of nitro groups is 1. The van der Waals surface area contributed by atoms with Crippen molar-refractivity contribution < 1.29 is 25.0 Å². The van der Waals surface area contributed by atoms with E-state index in [9.17, 15) is 25.4 Å². The number of imidazole rings is 1.